The van der Waals surface area contributed by atoms with Crippen LogP contribution in [0.3, 0.4) is 0 Å². The molecule has 19 heavy (non-hydrogen) atoms. The van der Waals surface area contributed by atoms with E-state index < -0.39 is 0 Å². The molecule has 0 saturated heterocycles. The number of hydrogen-bond donors (Lipinski definition) is 1. The lowest BCUT2D eigenvalue weighted by atomic mass is 10.1. The van der Waals surface area contributed by atoms with E-state index >= 15 is 0 Å². The summed E-state index contributed by atoms with van der Waals surface area (Å²) in [5, 5.41) is 4.21. The first-order chi connectivity index (χ1) is 9.13. The summed E-state index contributed by atoms with van der Waals surface area (Å²) in [7, 11) is 2.14. The molecule has 0 bridgehead atoms. The summed E-state index contributed by atoms with van der Waals surface area (Å²) in [6.45, 7) is 5.32. The molecule has 1 aromatic heterocycles. The average molecular weight is 274 g/mol. The highest BCUT2D eigenvalue weighted by atomic mass is 32.1. The minimum absolute atomic E-state index is 0.373. The van der Waals surface area contributed by atoms with Gasteiger partial charge >= 0.3 is 0 Å². The van der Waals surface area contributed by atoms with Gasteiger partial charge in [-0.3, -0.25) is 0 Å². The van der Waals surface area contributed by atoms with Crippen LogP contribution >= 0.6 is 11.5 Å². The summed E-state index contributed by atoms with van der Waals surface area (Å²) >= 11 is 1.42. The smallest absolute Gasteiger partial charge is 0.207 e. The Bertz CT molecular complexity index is 591. The maximum atomic E-state index is 4.50. The second kappa shape index (κ2) is 4.81. The molecule has 5 heteroatoms. The van der Waals surface area contributed by atoms with Crippen LogP contribution in [-0.2, 0) is 6.42 Å². The van der Waals surface area contributed by atoms with E-state index in [0.29, 0.717) is 5.92 Å². The second-order valence-corrected chi connectivity index (χ2v) is 6.00. The van der Waals surface area contributed by atoms with Crippen LogP contribution in [0.25, 0.3) is 0 Å². The van der Waals surface area contributed by atoms with Crippen LogP contribution in [0.15, 0.2) is 18.2 Å². The number of hydrogen-bond acceptors (Lipinski definition) is 5. The van der Waals surface area contributed by atoms with Gasteiger partial charge < -0.3 is 10.2 Å². The molecular weight excluding hydrogens is 256 g/mol. The highest BCUT2D eigenvalue weighted by Gasteiger charge is 2.16. The van der Waals surface area contributed by atoms with Gasteiger partial charge in [-0.15, -0.1) is 0 Å². The summed E-state index contributed by atoms with van der Waals surface area (Å²) < 4.78 is 4.36. The molecule has 0 atom stereocenters. The number of aromatic nitrogens is 2. The fraction of sp³-hybridized carbons (Fsp3) is 0.429. The van der Waals surface area contributed by atoms with E-state index in [-0.39, 0.29) is 0 Å². The molecule has 4 nitrogen and oxygen atoms in total. The zero-order valence-corrected chi connectivity index (χ0v) is 12.3. The topological polar surface area (TPSA) is 41.1 Å². The number of likely N-dealkylation sites (N-methyl/N-ethyl adjacent to an activating group) is 1. The standard InChI is InChI=1S/C14H18N4S/c1-9(2)13-16-14(19-17-13)15-11-5-4-10-6-7-18(3)12(10)8-11/h4-5,8-9H,6-7H2,1-3H3,(H,15,16,17). The molecule has 0 saturated carbocycles. The molecule has 2 heterocycles. The Balaban J connectivity index is 1.81. The summed E-state index contributed by atoms with van der Waals surface area (Å²) in [6.07, 6.45) is 1.14. The van der Waals surface area contributed by atoms with Gasteiger partial charge in [0.1, 0.15) is 5.82 Å². The SMILES string of the molecule is CC(C)c1nsc(Nc2ccc3c(c2)N(C)CC3)n1. The molecule has 0 radical (unpaired) electrons. The van der Waals surface area contributed by atoms with Crippen molar-refractivity contribution >= 4 is 28.0 Å². The Morgan fingerprint density at radius 3 is 2.95 bits per heavy atom. The number of rotatable bonds is 3. The third kappa shape index (κ3) is 2.42. The minimum Gasteiger partial charge on any atom is -0.374 e. The summed E-state index contributed by atoms with van der Waals surface area (Å²) in [5.41, 5.74) is 3.82. The van der Waals surface area contributed by atoms with E-state index in [4.69, 9.17) is 0 Å². The van der Waals surface area contributed by atoms with E-state index in [1.54, 1.807) is 0 Å². The summed E-state index contributed by atoms with van der Waals surface area (Å²) in [5.74, 6) is 1.28. The predicted octanol–water partition coefficient (Wildman–Crippen LogP) is 3.40. The number of nitrogens with zero attached hydrogens (tertiary/aromatic N) is 3. The van der Waals surface area contributed by atoms with Gasteiger partial charge in [-0.05, 0) is 24.1 Å². The Morgan fingerprint density at radius 2 is 2.21 bits per heavy atom. The van der Waals surface area contributed by atoms with Crippen molar-refractivity contribution in [2.75, 3.05) is 23.8 Å². The lowest BCUT2D eigenvalue weighted by Gasteiger charge is -2.13. The highest BCUT2D eigenvalue weighted by molar-refractivity contribution is 7.09. The normalized spacial score (nSPS) is 14.0. The van der Waals surface area contributed by atoms with Gasteiger partial charge in [0.15, 0.2) is 0 Å². The monoisotopic (exact) mass is 274 g/mol. The zero-order chi connectivity index (χ0) is 13.4. The van der Waals surface area contributed by atoms with Gasteiger partial charge in [0.2, 0.25) is 5.13 Å². The van der Waals surface area contributed by atoms with Crippen molar-refractivity contribution in [3.8, 4) is 0 Å². The molecule has 2 aromatic rings. The van der Waals surface area contributed by atoms with Crippen LogP contribution < -0.4 is 10.2 Å². The lowest BCUT2D eigenvalue weighted by Crippen LogP contribution is -2.12. The van der Waals surface area contributed by atoms with Crippen molar-refractivity contribution in [3.05, 3.63) is 29.6 Å². The fourth-order valence-electron chi connectivity index (χ4n) is 2.26. The molecule has 0 spiro atoms. The van der Waals surface area contributed by atoms with Crippen molar-refractivity contribution in [2.24, 2.45) is 0 Å². The minimum atomic E-state index is 0.373. The van der Waals surface area contributed by atoms with Crippen LogP contribution in [0, 0.1) is 0 Å². The van der Waals surface area contributed by atoms with Crippen LogP contribution in [-0.4, -0.2) is 22.9 Å². The predicted molar refractivity (Wildman–Crippen MR) is 80.7 cm³/mol. The molecular formula is C14H18N4S. The molecule has 0 fully saturated rings. The maximum absolute atomic E-state index is 4.50. The van der Waals surface area contributed by atoms with Gasteiger partial charge in [0, 0.05) is 42.4 Å². The molecule has 1 N–H and O–H groups in total. The molecule has 100 valence electrons. The molecule has 0 aliphatic carbocycles. The third-order valence-corrected chi connectivity index (χ3v) is 4.07. The second-order valence-electron chi connectivity index (χ2n) is 5.25. The van der Waals surface area contributed by atoms with Crippen LogP contribution in [0.4, 0.5) is 16.5 Å². The van der Waals surface area contributed by atoms with Crippen molar-refractivity contribution in [3.63, 3.8) is 0 Å². The quantitative estimate of drug-likeness (QED) is 0.931. The molecule has 1 aromatic carbocycles. The van der Waals surface area contributed by atoms with Crippen LogP contribution in [0.5, 0.6) is 0 Å². The number of fused-ring (bicyclic) bond motifs is 1. The molecule has 0 amide bonds. The van der Waals surface area contributed by atoms with Gasteiger partial charge in [0.25, 0.3) is 0 Å². The van der Waals surface area contributed by atoms with E-state index in [2.05, 4.69) is 58.7 Å². The summed E-state index contributed by atoms with van der Waals surface area (Å²) in [4.78, 5) is 6.79. The third-order valence-electron chi connectivity index (χ3n) is 3.42. The Hall–Kier alpha value is -1.62. The molecule has 3 rings (SSSR count). The number of nitrogens with one attached hydrogen (secondary N) is 1. The lowest BCUT2D eigenvalue weighted by molar-refractivity contribution is 0.800. The highest BCUT2D eigenvalue weighted by Crippen LogP contribution is 2.31. The van der Waals surface area contributed by atoms with E-state index in [0.717, 1.165) is 29.6 Å². The van der Waals surface area contributed by atoms with Crippen molar-refractivity contribution in [1.82, 2.24) is 9.36 Å². The van der Waals surface area contributed by atoms with Crippen molar-refractivity contribution in [1.29, 1.82) is 0 Å². The van der Waals surface area contributed by atoms with Gasteiger partial charge in [-0.2, -0.15) is 4.37 Å². The van der Waals surface area contributed by atoms with E-state index in [1.807, 2.05) is 0 Å². The first-order valence-electron chi connectivity index (χ1n) is 6.58. The Labute approximate surface area is 117 Å². The van der Waals surface area contributed by atoms with E-state index in [9.17, 15) is 0 Å². The first kappa shape index (κ1) is 12.4. The molecule has 1 aliphatic heterocycles. The number of benzene rings is 1. The zero-order valence-electron chi connectivity index (χ0n) is 11.5. The van der Waals surface area contributed by atoms with Gasteiger partial charge in [-0.1, -0.05) is 19.9 Å². The average Bonchev–Trinajstić information content (AvgIpc) is 2.98. The van der Waals surface area contributed by atoms with E-state index in [1.165, 1.54) is 22.8 Å². The molecule has 1 aliphatic rings. The summed E-state index contributed by atoms with van der Waals surface area (Å²) in [6, 6.07) is 6.51. The van der Waals surface area contributed by atoms with Gasteiger partial charge in [-0.25, -0.2) is 4.98 Å². The van der Waals surface area contributed by atoms with Crippen molar-refractivity contribution < 1.29 is 0 Å². The van der Waals surface area contributed by atoms with Gasteiger partial charge in [0.05, 0.1) is 0 Å². The van der Waals surface area contributed by atoms with Crippen LogP contribution in [0.2, 0.25) is 0 Å². The van der Waals surface area contributed by atoms with Crippen molar-refractivity contribution in [2.45, 2.75) is 26.2 Å². The first-order valence-corrected chi connectivity index (χ1v) is 7.35. The largest absolute Gasteiger partial charge is 0.374 e. The van der Waals surface area contributed by atoms with Crippen LogP contribution in [0.1, 0.15) is 31.2 Å². The number of anilines is 3. The molecule has 0 unspecified atom stereocenters. The maximum Gasteiger partial charge on any atom is 0.207 e. The fourth-order valence-corrected chi connectivity index (χ4v) is 2.99. The Kier molecular flexibility index (Phi) is 3.14. The Morgan fingerprint density at radius 1 is 1.37 bits per heavy atom.